The first-order valence-electron chi connectivity index (χ1n) is 4.71. The molecule has 0 radical (unpaired) electrons. The van der Waals surface area contributed by atoms with Crippen LogP contribution in [0.4, 0.5) is 0 Å². The molecule has 0 saturated carbocycles. The number of carbonyl (C=O) groups excluding carboxylic acids is 1. The molecule has 0 fully saturated rings. The average Bonchev–Trinajstić information content (AvgIpc) is 2.83. The minimum atomic E-state index is -0.370. The molecule has 2 aromatic rings. The Labute approximate surface area is 91.3 Å². The number of pyridine rings is 1. The minimum absolute atomic E-state index is 0.0238. The lowest BCUT2D eigenvalue weighted by atomic mass is 10.1. The summed E-state index contributed by atoms with van der Waals surface area (Å²) < 4.78 is 0. The summed E-state index contributed by atoms with van der Waals surface area (Å²) in [4.78, 5) is 15.5. The highest BCUT2D eigenvalue weighted by atomic mass is 16.2. The number of carbonyl (C=O) groups is 1. The lowest BCUT2D eigenvalue weighted by Crippen LogP contribution is -2.27. The predicted molar refractivity (Wildman–Crippen MR) is 54.3 cm³/mol. The molecule has 0 bridgehead atoms. The fourth-order valence-corrected chi connectivity index (χ4v) is 1.23. The Bertz CT molecular complexity index is 454. The van der Waals surface area contributed by atoms with E-state index in [1.807, 2.05) is 19.1 Å². The molecular formula is C9H10N6O. The fourth-order valence-electron chi connectivity index (χ4n) is 1.23. The second kappa shape index (κ2) is 4.47. The molecule has 0 aromatic carbocycles. The van der Waals surface area contributed by atoms with Crippen molar-refractivity contribution in [1.29, 1.82) is 0 Å². The maximum Gasteiger partial charge on any atom is 0.293 e. The van der Waals surface area contributed by atoms with Crippen LogP contribution in [0.3, 0.4) is 0 Å². The second-order valence-corrected chi connectivity index (χ2v) is 3.22. The monoisotopic (exact) mass is 218 g/mol. The van der Waals surface area contributed by atoms with Gasteiger partial charge in [0.25, 0.3) is 11.7 Å². The summed E-state index contributed by atoms with van der Waals surface area (Å²) in [6.07, 6.45) is 3.37. The van der Waals surface area contributed by atoms with E-state index in [1.54, 1.807) is 12.4 Å². The Morgan fingerprint density at radius 1 is 1.56 bits per heavy atom. The van der Waals surface area contributed by atoms with Crippen LogP contribution < -0.4 is 5.32 Å². The van der Waals surface area contributed by atoms with Crippen molar-refractivity contribution in [3.63, 3.8) is 0 Å². The summed E-state index contributed by atoms with van der Waals surface area (Å²) in [5, 5.41) is 15.4. The SMILES string of the molecule is CC(NC(=O)c1nn[nH]n1)c1cccnc1. The first-order chi connectivity index (χ1) is 7.77. The summed E-state index contributed by atoms with van der Waals surface area (Å²) in [5.74, 6) is -0.346. The molecule has 7 nitrogen and oxygen atoms in total. The Morgan fingerprint density at radius 2 is 2.44 bits per heavy atom. The lowest BCUT2D eigenvalue weighted by molar-refractivity contribution is 0.0929. The largest absolute Gasteiger partial charge is 0.343 e. The third-order valence-electron chi connectivity index (χ3n) is 2.08. The summed E-state index contributed by atoms with van der Waals surface area (Å²) in [6, 6.07) is 3.54. The van der Waals surface area contributed by atoms with Gasteiger partial charge in [-0.05, 0) is 23.8 Å². The molecule has 2 N–H and O–H groups in total. The number of aromatic nitrogens is 5. The van der Waals surface area contributed by atoms with Crippen molar-refractivity contribution in [1.82, 2.24) is 30.9 Å². The maximum absolute atomic E-state index is 11.6. The quantitative estimate of drug-likeness (QED) is 0.760. The van der Waals surface area contributed by atoms with Crippen LogP contribution in [0.2, 0.25) is 0 Å². The van der Waals surface area contributed by atoms with Gasteiger partial charge in [-0.3, -0.25) is 9.78 Å². The molecular weight excluding hydrogens is 208 g/mol. The predicted octanol–water partition coefficient (Wildman–Crippen LogP) is 0.0857. The van der Waals surface area contributed by atoms with E-state index in [2.05, 4.69) is 30.9 Å². The van der Waals surface area contributed by atoms with E-state index < -0.39 is 0 Å². The van der Waals surface area contributed by atoms with Gasteiger partial charge >= 0.3 is 0 Å². The van der Waals surface area contributed by atoms with Crippen molar-refractivity contribution in [2.24, 2.45) is 0 Å². The van der Waals surface area contributed by atoms with Crippen LogP contribution in [0.15, 0.2) is 24.5 Å². The van der Waals surface area contributed by atoms with Gasteiger partial charge in [-0.15, -0.1) is 10.2 Å². The summed E-state index contributed by atoms with van der Waals surface area (Å²) in [6.45, 7) is 1.86. The Morgan fingerprint density at radius 3 is 3.06 bits per heavy atom. The van der Waals surface area contributed by atoms with Gasteiger partial charge in [0.15, 0.2) is 0 Å². The third kappa shape index (κ3) is 2.19. The number of nitrogens with zero attached hydrogens (tertiary/aromatic N) is 4. The molecule has 1 amide bonds. The van der Waals surface area contributed by atoms with Gasteiger partial charge in [0, 0.05) is 12.4 Å². The normalized spacial score (nSPS) is 12.1. The molecule has 0 aliphatic rings. The van der Waals surface area contributed by atoms with Gasteiger partial charge in [0.2, 0.25) is 0 Å². The number of hydrogen-bond donors (Lipinski definition) is 2. The van der Waals surface area contributed by atoms with Crippen molar-refractivity contribution in [2.45, 2.75) is 13.0 Å². The molecule has 2 aromatic heterocycles. The topological polar surface area (TPSA) is 96.5 Å². The molecule has 1 atom stereocenters. The molecule has 2 rings (SSSR count). The van der Waals surface area contributed by atoms with Crippen molar-refractivity contribution in [3.8, 4) is 0 Å². The number of aromatic amines is 1. The van der Waals surface area contributed by atoms with Crippen LogP contribution in [0.5, 0.6) is 0 Å². The van der Waals surface area contributed by atoms with Crippen molar-refractivity contribution >= 4 is 5.91 Å². The van der Waals surface area contributed by atoms with Gasteiger partial charge in [-0.1, -0.05) is 6.07 Å². The van der Waals surface area contributed by atoms with Crippen LogP contribution in [0.1, 0.15) is 29.1 Å². The lowest BCUT2D eigenvalue weighted by Gasteiger charge is -2.11. The van der Waals surface area contributed by atoms with Crippen molar-refractivity contribution in [3.05, 3.63) is 35.9 Å². The van der Waals surface area contributed by atoms with Crippen molar-refractivity contribution < 1.29 is 4.79 Å². The standard InChI is InChI=1S/C9H10N6O/c1-6(7-3-2-4-10-5-7)11-9(16)8-12-14-15-13-8/h2-6H,1H3,(H,11,16)(H,12,13,14,15). The van der Waals surface area contributed by atoms with E-state index in [9.17, 15) is 4.79 Å². The third-order valence-corrected chi connectivity index (χ3v) is 2.08. The number of H-pyrrole nitrogens is 1. The van der Waals surface area contributed by atoms with E-state index in [1.165, 1.54) is 0 Å². The molecule has 16 heavy (non-hydrogen) atoms. The zero-order valence-corrected chi connectivity index (χ0v) is 8.58. The highest BCUT2D eigenvalue weighted by Crippen LogP contribution is 2.09. The van der Waals surface area contributed by atoms with Crippen LogP contribution in [0.25, 0.3) is 0 Å². The molecule has 0 saturated heterocycles. The number of hydrogen-bond acceptors (Lipinski definition) is 5. The molecule has 0 aliphatic heterocycles. The Hall–Kier alpha value is -2.31. The molecule has 0 aliphatic carbocycles. The number of nitrogens with one attached hydrogen (secondary N) is 2. The van der Waals surface area contributed by atoms with Crippen LogP contribution in [-0.2, 0) is 0 Å². The van der Waals surface area contributed by atoms with E-state index in [0.717, 1.165) is 5.56 Å². The zero-order chi connectivity index (χ0) is 11.4. The first-order valence-corrected chi connectivity index (χ1v) is 4.71. The summed E-state index contributed by atoms with van der Waals surface area (Å²) in [5.41, 5.74) is 0.916. The van der Waals surface area contributed by atoms with Crippen LogP contribution in [0, 0.1) is 0 Å². The summed E-state index contributed by atoms with van der Waals surface area (Å²) >= 11 is 0. The van der Waals surface area contributed by atoms with Gasteiger partial charge < -0.3 is 5.32 Å². The molecule has 7 heteroatoms. The number of rotatable bonds is 3. The minimum Gasteiger partial charge on any atom is -0.343 e. The van der Waals surface area contributed by atoms with Gasteiger partial charge in [-0.2, -0.15) is 5.21 Å². The van der Waals surface area contributed by atoms with Gasteiger partial charge in [0.05, 0.1) is 6.04 Å². The molecule has 82 valence electrons. The van der Waals surface area contributed by atoms with E-state index in [0.29, 0.717) is 0 Å². The first kappa shape index (κ1) is 10.2. The highest BCUT2D eigenvalue weighted by Gasteiger charge is 2.14. The highest BCUT2D eigenvalue weighted by molar-refractivity contribution is 5.90. The average molecular weight is 218 g/mol. The van der Waals surface area contributed by atoms with E-state index >= 15 is 0 Å². The number of amides is 1. The molecule has 0 spiro atoms. The number of tetrazole rings is 1. The van der Waals surface area contributed by atoms with E-state index in [4.69, 9.17) is 0 Å². The summed E-state index contributed by atoms with van der Waals surface area (Å²) in [7, 11) is 0. The Kier molecular flexibility index (Phi) is 2.86. The van der Waals surface area contributed by atoms with E-state index in [-0.39, 0.29) is 17.8 Å². The smallest absolute Gasteiger partial charge is 0.293 e. The van der Waals surface area contributed by atoms with Crippen LogP contribution >= 0.6 is 0 Å². The van der Waals surface area contributed by atoms with Gasteiger partial charge in [-0.25, -0.2) is 0 Å². The van der Waals surface area contributed by atoms with Crippen molar-refractivity contribution in [2.75, 3.05) is 0 Å². The fraction of sp³-hybridized carbons (Fsp3) is 0.222. The molecule has 2 heterocycles. The molecule has 1 unspecified atom stereocenters. The zero-order valence-electron chi connectivity index (χ0n) is 8.58. The van der Waals surface area contributed by atoms with Gasteiger partial charge in [0.1, 0.15) is 0 Å². The van der Waals surface area contributed by atoms with Crippen LogP contribution in [-0.4, -0.2) is 31.5 Å². The Balaban J connectivity index is 2.03. The maximum atomic E-state index is 11.6. The second-order valence-electron chi connectivity index (χ2n) is 3.22.